The maximum absolute atomic E-state index is 13.6. The van der Waals surface area contributed by atoms with Gasteiger partial charge in [0, 0.05) is 58.7 Å². The number of carbonyl (C=O) groups excluding carboxylic acids is 2. The number of aromatic amines is 1. The van der Waals surface area contributed by atoms with Gasteiger partial charge in [-0.15, -0.1) is 11.8 Å². The highest BCUT2D eigenvalue weighted by atomic mass is 32.2. The van der Waals surface area contributed by atoms with Gasteiger partial charge < -0.3 is 14.5 Å². The molecule has 8 rings (SSSR count). The highest BCUT2D eigenvalue weighted by Gasteiger charge is 2.65. The molecule has 0 spiro atoms. The molecule has 3 saturated heterocycles. The van der Waals surface area contributed by atoms with Crippen LogP contribution in [0.25, 0.3) is 44.2 Å². The molecule has 0 aliphatic carbocycles. The maximum atomic E-state index is 13.6. The third-order valence-corrected chi connectivity index (χ3v) is 15.7. The zero-order chi connectivity index (χ0) is 38.3. The predicted octanol–water partition coefficient (Wildman–Crippen LogP) is 8.22. The van der Waals surface area contributed by atoms with E-state index >= 15 is 0 Å². The summed E-state index contributed by atoms with van der Waals surface area (Å²) in [6.07, 6.45) is 4.82. The number of carbonyl (C=O) groups is 2. The molecule has 1 N–H and O–H groups in total. The first-order valence-corrected chi connectivity index (χ1v) is 21.2. The van der Waals surface area contributed by atoms with Crippen LogP contribution < -0.4 is 5.01 Å². The van der Waals surface area contributed by atoms with Crippen LogP contribution in [0.5, 0.6) is 0 Å². The number of benzene rings is 3. The van der Waals surface area contributed by atoms with E-state index < -0.39 is 5.04 Å². The summed E-state index contributed by atoms with van der Waals surface area (Å²) in [5, 5.41) is 5.76. The molecule has 3 radical (unpaired) electrons. The van der Waals surface area contributed by atoms with Gasteiger partial charge in [-0.25, -0.2) is 9.97 Å². The number of aromatic nitrogens is 4. The van der Waals surface area contributed by atoms with Crippen LogP contribution in [0.2, 0.25) is 5.04 Å². The Labute approximate surface area is 331 Å². The molecule has 9 nitrogen and oxygen atoms in total. The third-order valence-electron chi connectivity index (χ3n) is 12.2. The summed E-state index contributed by atoms with van der Waals surface area (Å²) >= 11 is 6.61. The minimum Gasteiger partial charge on any atom is -0.341 e. The largest absolute Gasteiger partial charge is 0.341 e. The number of fused-ring (bicyclic) bond motifs is 3. The molecule has 3 aromatic carbocycles. The maximum Gasteiger partial charge on any atom is 0.245 e. The van der Waals surface area contributed by atoms with Crippen LogP contribution in [0.1, 0.15) is 66.6 Å². The summed E-state index contributed by atoms with van der Waals surface area (Å²) in [7, 11) is 5.83. The molecule has 3 fully saturated rings. The quantitative estimate of drug-likeness (QED) is 0.0892. The topological polar surface area (TPSA) is 90.4 Å². The minimum absolute atomic E-state index is 0.00237. The smallest absolute Gasteiger partial charge is 0.245 e. The number of imidazole rings is 2. The number of hydrogen-bond donors (Lipinski definition) is 2. The molecule has 5 aromatic rings. The van der Waals surface area contributed by atoms with E-state index in [4.69, 9.17) is 22.6 Å². The van der Waals surface area contributed by atoms with Gasteiger partial charge in [0.05, 0.1) is 22.9 Å². The second-order valence-electron chi connectivity index (χ2n) is 16.4. The molecule has 54 heavy (non-hydrogen) atoms. The molecule has 2 aromatic heterocycles. The number of nitrogens with zero attached hydrogens (tertiary/aromatic N) is 6. The number of thiol groups is 1. The lowest BCUT2D eigenvalue weighted by Gasteiger charge is -2.37. The Bertz CT molecular complexity index is 2270. The molecule has 5 heterocycles. The first-order valence-electron chi connectivity index (χ1n) is 19.3. The van der Waals surface area contributed by atoms with Crippen molar-refractivity contribution in [3.8, 4) is 22.4 Å². The van der Waals surface area contributed by atoms with Crippen molar-refractivity contribution >= 4 is 74.2 Å². The lowest BCUT2D eigenvalue weighted by molar-refractivity contribution is -0.137. The number of H-pyrrole nitrogens is 1. The summed E-state index contributed by atoms with van der Waals surface area (Å²) in [5.74, 6) is 2.32. The van der Waals surface area contributed by atoms with Crippen molar-refractivity contribution in [1.29, 1.82) is 0 Å². The monoisotopic (exact) mass is 776 g/mol. The second kappa shape index (κ2) is 13.8. The van der Waals surface area contributed by atoms with Crippen LogP contribution in [0.3, 0.4) is 0 Å². The molecule has 0 bridgehead atoms. The Morgan fingerprint density at radius 1 is 0.963 bits per heavy atom. The molecule has 3 aliphatic heterocycles. The van der Waals surface area contributed by atoms with Crippen LogP contribution in [-0.2, 0) is 21.4 Å². The van der Waals surface area contributed by atoms with Crippen molar-refractivity contribution < 1.29 is 9.59 Å². The standard InChI is InChI=1S/C42H50N7O2S2Si/c1-24(2)35(52)26(5)36(50)48-18-9-19-49(48)40-45-32-22-30(14-15-34(32)46(40)7)28-10-11-29-21-31(13-12-27(29)20-28)33-23-43-37(44-33)42-16-8-17-47(39(42)53-42)38(51)41(6,54)25(3)4/h10-15,20-26,35,39,52H,8-9,16-19H2,1-7H3,(H,43,44). The van der Waals surface area contributed by atoms with Crippen LogP contribution in [0, 0.1) is 17.8 Å². The highest BCUT2D eigenvalue weighted by molar-refractivity contribution is 8.08. The SMILES string of the molecule is CC(C)C(S)C(C)C(=O)N1CCCN1c1nc2cc(-c3ccc4cc(-c5cnc(C67CCCN(C(=O)C(C)([Si])C(C)C)C6S7)[nH]5)ccc4c3)ccc2n1C. The van der Waals surface area contributed by atoms with Gasteiger partial charge in [-0.2, -0.15) is 12.6 Å². The molecule has 3 aliphatic rings. The van der Waals surface area contributed by atoms with Crippen molar-refractivity contribution in [3.05, 3.63) is 66.6 Å². The van der Waals surface area contributed by atoms with E-state index in [0.717, 1.165) is 88.3 Å². The predicted molar refractivity (Wildman–Crippen MR) is 225 cm³/mol. The number of hydrazine groups is 1. The van der Waals surface area contributed by atoms with E-state index in [1.807, 2.05) is 43.9 Å². The van der Waals surface area contributed by atoms with Gasteiger partial charge in [-0.1, -0.05) is 71.9 Å². The lowest BCUT2D eigenvalue weighted by atomic mass is 9.91. The Morgan fingerprint density at radius 3 is 2.37 bits per heavy atom. The molecule has 5 unspecified atom stereocenters. The Balaban J connectivity index is 1.01. The van der Waals surface area contributed by atoms with E-state index in [0.29, 0.717) is 12.5 Å². The molecular formula is C42H50N7O2S2Si. The first kappa shape index (κ1) is 37.2. The van der Waals surface area contributed by atoms with Gasteiger partial charge in [0.1, 0.15) is 15.9 Å². The fourth-order valence-electron chi connectivity index (χ4n) is 8.22. The normalized spacial score (nSPS) is 22.3. The van der Waals surface area contributed by atoms with Gasteiger partial charge in [0.15, 0.2) is 0 Å². The van der Waals surface area contributed by atoms with Crippen LogP contribution in [0.15, 0.2) is 60.8 Å². The zero-order valence-electron chi connectivity index (χ0n) is 32.3. The van der Waals surface area contributed by atoms with Crippen molar-refractivity contribution in [2.45, 2.75) is 81.2 Å². The molecular weight excluding hydrogens is 727 g/mol. The van der Waals surface area contributed by atoms with E-state index in [1.54, 1.807) is 0 Å². The number of amides is 2. The van der Waals surface area contributed by atoms with Gasteiger partial charge in [0.2, 0.25) is 17.8 Å². The first-order chi connectivity index (χ1) is 25.7. The number of nitrogens with one attached hydrogen (secondary N) is 1. The zero-order valence-corrected chi connectivity index (χ0v) is 35.0. The molecule has 281 valence electrons. The summed E-state index contributed by atoms with van der Waals surface area (Å²) in [6.45, 7) is 14.6. The van der Waals surface area contributed by atoms with Gasteiger partial charge >= 0.3 is 0 Å². The van der Waals surface area contributed by atoms with E-state index in [1.165, 1.54) is 0 Å². The third kappa shape index (κ3) is 6.16. The van der Waals surface area contributed by atoms with Gasteiger partial charge in [-0.3, -0.25) is 19.6 Å². The fourth-order valence-corrected chi connectivity index (χ4v) is 9.98. The average Bonchev–Trinajstić information content (AvgIpc) is 3.47. The summed E-state index contributed by atoms with van der Waals surface area (Å²) in [6, 6.07) is 19.6. The molecule has 0 saturated carbocycles. The number of hydrogen-bond acceptors (Lipinski definition) is 7. The van der Waals surface area contributed by atoms with E-state index in [2.05, 4.69) is 112 Å². The number of likely N-dealkylation sites (tertiary alicyclic amines) is 1. The van der Waals surface area contributed by atoms with Crippen molar-refractivity contribution in [3.63, 3.8) is 0 Å². The van der Waals surface area contributed by atoms with Crippen molar-refractivity contribution in [2.24, 2.45) is 24.8 Å². The lowest BCUT2D eigenvalue weighted by Crippen LogP contribution is -2.47. The summed E-state index contributed by atoms with van der Waals surface area (Å²) in [5.41, 5.74) is 6.22. The van der Waals surface area contributed by atoms with Gasteiger partial charge in [0.25, 0.3) is 0 Å². The number of aryl methyl sites for hydroxylation is 1. The van der Waals surface area contributed by atoms with Crippen molar-refractivity contribution in [2.75, 3.05) is 24.6 Å². The summed E-state index contributed by atoms with van der Waals surface area (Å²) < 4.78 is 1.93. The number of thioether (sulfide) groups is 1. The Kier molecular flexibility index (Phi) is 9.49. The van der Waals surface area contributed by atoms with Gasteiger partial charge in [-0.05, 0) is 77.3 Å². The van der Waals surface area contributed by atoms with Crippen LogP contribution in [-0.4, -0.2) is 81.7 Å². The number of rotatable bonds is 9. The minimum atomic E-state index is -0.582. The Morgan fingerprint density at radius 2 is 1.65 bits per heavy atom. The summed E-state index contributed by atoms with van der Waals surface area (Å²) in [4.78, 5) is 42.8. The van der Waals surface area contributed by atoms with Crippen LogP contribution >= 0.6 is 24.4 Å². The molecule has 2 amide bonds. The van der Waals surface area contributed by atoms with E-state index in [-0.39, 0.29) is 39.0 Å². The van der Waals surface area contributed by atoms with Crippen molar-refractivity contribution in [1.82, 2.24) is 29.4 Å². The Hall–Kier alpha value is -3.74. The second-order valence-corrected chi connectivity index (χ2v) is 19.4. The number of anilines is 1. The highest BCUT2D eigenvalue weighted by Crippen LogP contribution is 2.67. The van der Waals surface area contributed by atoms with E-state index in [9.17, 15) is 9.59 Å². The molecule has 5 atom stereocenters. The fraction of sp³-hybridized carbons (Fsp3) is 0.476. The number of piperidine rings is 1. The average molecular weight is 777 g/mol. The van der Waals surface area contributed by atoms with Crippen LogP contribution in [0.4, 0.5) is 5.95 Å². The molecule has 12 heteroatoms.